The Balaban J connectivity index is 1.79. The fraction of sp³-hybridized carbons (Fsp3) is 0.353. The first-order valence-electron chi connectivity index (χ1n) is 7.21. The highest BCUT2D eigenvalue weighted by atomic mass is 16.5. The van der Waals surface area contributed by atoms with Crippen molar-refractivity contribution in [2.45, 2.75) is 25.5 Å². The molecule has 0 spiro atoms. The van der Waals surface area contributed by atoms with Gasteiger partial charge < -0.3 is 10.1 Å². The maximum absolute atomic E-state index is 6.03. The number of hydrogen-bond donors (Lipinski definition) is 1. The Morgan fingerprint density at radius 2 is 2.05 bits per heavy atom. The molecule has 3 nitrogen and oxygen atoms in total. The van der Waals surface area contributed by atoms with E-state index in [1.165, 1.54) is 22.4 Å². The highest BCUT2D eigenvalue weighted by molar-refractivity contribution is 5.58. The number of pyridine rings is 1. The first kappa shape index (κ1) is 11.9. The van der Waals surface area contributed by atoms with Crippen molar-refractivity contribution < 1.29 is 4.74 Å². The zero-order valence-electron chi connectivity index (χ0n) is 11.5. The zero-order chi connectivity index (χ0) is 13.5. The molecule has 0 saturated carbocycles. The van der Waals surface area contributed by atoms with E-state index in [-0.39, 0.29) is 6.10 Å². The third-order valence-electron chi connectivity index (χ3n) is 4.46. The van der Waals surface area contributed by atoms with Crippen LogP contribution in [0.4, 0.5) is 5.69 Å². The lowest BCUT2D eigenvalue weighted by Gasteiger charge is -2.36. The summed E-state index contributed by atoms with van der Waals surface area (Å²) < 4.78 is 6.03. The first-order valence-corrected chi connectivity index (χ1v) is 7.21. The molecule has 20 heavy (non-hydrogen) atoms. The van der Waals surface area contributed by atoms with E-state index in [0.29, 0.717) is 12.0 Å². The van der Waals surface area contributed by atoms with Crippen molar-refractivity contribution in [2.24, 2.45) is 5.92 Å². The summed E-state index contributed by atoms with van der Waals surface area (Å²) in [5.41, 5.74) is 5.12. The lowest BCUT2D eigenvalue weighted by Crippen LogP contribution is -2.29. The molecule has 3 heterocycles. The van der Waals surface area contributed by atoms with Gasteiger partial charge in [0, 0.05) is 36.2 Å². The second-order valence-electron chi connectivity index (χ2n) is 5.74. The molecule has 0 aliphatic carbocycles. The average Bonchev–Trinajstić information content (AvgIpc) is 2.97. The van der Waals surface area contributed by atoms with E-state index in [1.807, 2.05) is 12.4 Å². The lowest BCUT2D eigenvalue weighted by molar-refractivity contribution is 0.0829. The van der Waals surface area contributed by atoms with Gasteiger partial charge in [-0.25, -0.2) is 0 Å². The van der Waals surface area contributed by atoms with Crippen LogP contribution in [0.15, 0.2) is 42.7 Å². The van der Waals surface area contributed by atoms with E-state index in [9.17, 15) is 0 Å². The van der Waals surface area contributed by atoms with Gasteiger partial charge in [-0.3, -0.25) is 4.98 Å². The van der Waals surface area contributed by atoms with Crippen molar-refractivity contribution in [3.05, 3.63) is 59.4 Å². The Hall–Kier alpha value is -1.87. The lowest BCUT2D eigenvalue weighted by atomic mass is 9.81. The molecule has 3 atom stereocenters. The van der Waals surface area contributed by atoms with Gasteiger partial charge in [-0.1, -0.05) is 17.7 Å². The van der Waals surface area contributed by atoms with Crippen LogP contribution in [-0.2, 0) is 4.74 Å². The summed E-state index contributed by atoms with van der Waals surface area (Å²) in [6.45, 7) is 2.99. The van der Waals surface area contributed by atoms with Crippen LogP contribution in [0.25, 0.3) is 0 Å². The van der Waals surface area contributed by atoms with Crippen LogP contribution in [0, 0.1) is 12.8 Å². The summed E-state index contributed by atoms with van der Waals surface area (Å²) in [4.78, 5) is 4.12. The van der Waals surface area contributed by atoms with Crippen molar-refractivity contribution in [3.63, 3.8) is 0 Å². The van der Waals surface area contributed by atoms with Gasteiger partial charge in [0.2, 0.25) is 0 Å². The number of nitrogens with one attached hydrogen (secondary N) is 1. The second-order valence-corrected chi connectivity index (χ2v) is 5.74. The number of ether oxygens (including phenoxy) is 1. The second kappa shape index (κ2) is 4.60. The van der Waals surface area contributed by atoms with Crippen molar-refractivity contribution in [1.29, 1.82) is 0 Å². The predicted octanol–water partition coefficient (Wildman–Crippen LogP) is 3.63. The Labute approximate surface area is 119 Å². The Bertz CT molecular complexity index is 626. The third-order valence-corrected chi connectivity index (χ3v) is 4.46. The first-order chi connectivity index (χ1) is 9.83. The van der Waals surface area contributed by atoms with E-state index in [1.54, 1.807) is 0 Å². The molecule has 0 radical (unpaired) electrons. The highest BCUT2D eigenvalue weighted by Gasteiger charge is 2.41. The van der Waals surface area contributed by atoms with Crippen LogP contribution < -0.4 is 5.32 Å². The quantitative estimate of drug-likeness (QED) is 0.855. The van der Waals surface area contributed by atoms with Crippen LogP contribution in [0.2, 0.25) is 0 Å². The maximum atomic E-state index is 6.03. The summed E-state index contributed by atoms with van der Waals surface area (Å²) in [7, 11) is 0. The topological polar surface area (TPSA) is 34.1 Å². The van der Waals surface area contributed by atoms with Gasteiger partial charge in [-0.05, 0) is 37.1 Å². The molecule has 0 bridgehead atoms. The monoisotopic (exact) mass is 266 g/mol. The minimum atomic E-state index is 0.226. The third kappa shape index (κ3) is 1.81. The van der Waals surface area contributed by atoms with Crippen molar-refractivity contribution >= 4 is 5.69 Å². The molecular weight excluding hydrogens is 248 g/mol. The van der Waals surface area contributed by atoms with E-state index < -0.39 is 0 Å². The highest BCUT2D eigenvalue weighted by Crippen LogP contribution is 2.49. The van der Waals surface area contributed by atoms with Gasteiger partial charge in [0.25, 0.3) is 0 Å². The SMILES string of the molecule is Cc1ccc2c(c1)[C@@H]1OCC[C@H]1[C@@H](c1ccncc1)N2. The van der Waals surface area contributed by atoms with Gasteiger partial charge in [0.1, 0.15) is 0 Å². The summed E-state index contributed by atoms with van der Waals surface area (Å²) in [6, 6.07) is 11.1. The summed E-state index contributed by atoms with van der Waals surface area (Å²) in [5, 5.41) is 3.70. The van der Waals surface area contributed by atoms with E-state index in [4.69, 9.17) is 4.74 Å². The van der Waals surface area contributed by atoms with Crippen LogP contribution in [-0.4, -0.2) is 11.6 Å². The van der Waals surface area contributed by atoms with Crippen LogP contribution >= 0.6 is 0 Å². The van der Waals surface area contributed by atoms with Crippen molar-refractivity contribution in [1.82, 2.24) is 4.98 Å². The molecule has 1 aromatic heterocycles. The van der Waals surface area contributed by atoms with Crippen LogP contribution in [0.3, 0.4) is 0 Å². The maximum Gasteiger partial charge on any atom is 0.0896 e. The van der Waals surface area contributed by atoms with Gasteiger partial charge in [0.05, 0.1) is 12.1 Å². The van der Waals surface area contributed by atoms with Gasteiger partial charge in [-0.15, -0.1) is 0 Å². The number of fused-ring (bicyclic) bond motifs is 3. The molecular formula is C17H18N2O. The molecule has 0 amide bonds. The fourth-order valence-corrected chi connectivity index (χ4v) is 3.49. The minimum absolute atomic E-state index is 0.226. The molecule has 1 aromatic carbocycles. The van der Waals surface area contributed by atoms with Gasteiger partial charge in [0.15, 0.2) is 0 Å². The average molecular weight is 266 g/mol. The zero-order valence-corrected chi connectivity index (χ0v) is 11.5. The number of aryl methyl sites for hydroxylation is 1. The van der Waals surface area contributed by atoms with Crippen molar-refractivity contribution in [3.8, 4) is 0 Å². The predicted molar refractivity (Wildman–Crippen MR) is 78.6 cm³/mol. The Kier molecular flexibility index (Phi) is 2.74. The summed E-state index contributed by atoms with van der Waals surface area (Å²) in [6.07, 6.45) is 5.07. The number of benzene rings is 1. The molecule has 1 fully saturated rings. The number of rotatable bonds is 1. The van der Waals surface area contributed by atoms with Gasteiger partial charge in [-0.2, -0.15) is 0 Å². The Morgan fingerprint density at radius 3 is 2.90 bits per heavy atom. The number of hydrogen-bond acceptors (Lipinski definition) is 3. The van der Waals surface area contributed by atoms with Gasteiger partial charge >= 0.3 is 0 Å². The van der Waals surface area contributed by atoms with E-state index >= 15 is 0 Å². The molecule has 1 N–H and O–H groups in total. The minimum Gasteiger partial charge on any atom is -0.378 e. The molecule has 1 saturated heterocycles. The molecule has 102 valence electrons. The number of aromatic nitrogens is 1. The van der Waals surface area contributed by atoms with E-state index in [0.717, 1.165) is 13.0 Å². The Morgan fingerprint density at radius 1 is 1.20 bits per heavy atom. The molecule has 4 rings (SSSR count). The smallest absolute Gasteiger partial charge is 0.0896 e. The normalized spacial score (nSPS) is 27.6. The molecule has 3 heteroatoms. The number of nitrogens with zero attached hydrogens (tertiary/aromatic N) is 1. The molecule has 0 unspecified atom stereocenters. The molecule has 2 aliphatic rings. The summed E-state index contributed by atoms with van der Waals surface area (Å²) in [5.74, 6) is 0.506. The van der Waals surface area contributed by atoms with E-state index in [2.05, 4.69) is 47.6 Å². The van der Waals surface area contributed by atoms with Crippen molar-refractivity contribution in [2.75, 3.05) is 11.9 Å². The summed E-state index contributed by atoms with van der Waals surface area (Å²) >= 11 is 0. The molecule has 2 aromatic rings. The standard InChI is InChI=1S/C17H18N2O/c1-11-2-3-15-14(10-11)17-13(6-9-20-17)16(19-15)12-4-7-18-8-5-12/h2-5,7-8,10,13,16-17,19H,6,9H2,1H3/t13-,16+,17+/m0/s1. The van der Waals surface area contributed by atoms with Crippen LogP contribution in [0.5, 0.6) is 0 Å². The fourth-order valence-electron chi connectivity index (χ4n) is 3.49. The largest absolute Gasteiger partial charge is 0.378 e. The van der Waals surface area contributed by atoms with Crippen LogP contribution in [0.1, 0.15) is 35.3 Å². The molecule has 2 aliphatic heterocycles. The number of anilines is 1.